The molecule has 0 aliphatic rings. The standard InChI is InChI=1S/C9H17N3/c1-4-6-8(11-3)9(10)12-7-5-2/h4,6H,5,7H2,1-3H3,(H2,10,12)/b6-4-,11-8+. The topological polar surface area (TPSA) is 48.2 Å². The zero-order chi connectivity index (χ0) is 9.40. The van der Waals surface area contributed by atoms with Crippen LogP contribution in [0.3, 0.4) is 0 Å². The van der Waals surface area contributed by atoms with Gasteiger partial charge < -0.3 is 5.32 Å². The van der Waals surface area contributed by atoms with E-state index in [0.717, 1.165) is 13.0 Å². The molecule has 0 heterocycles. The van der Waals surface area contributed by atoms with Crippen molar-refractivity contribution in [3.63, 3.8) is 0 Å². The molecule has 3 nitrogen and oxygen atoms in total. The predicted octanol–water partition coefficient (Wildman–Crippen LogP) is 1.61. The Hall–Kier alpha value is -1.12. The largest absolute Gasteiger partial charge is 0.369 e. The molecule has 0 atom stereocenters. The number of hydrogen-bond acceptors (Lipinski definition) is 2. The molecule has 0 saturated carbocycles. The summed E-state index contributed by atoms with van der Waals surface area (Å²) in [7, 11) is 1.69. The van der Waals surface area contributed by atoms with E-state index >= 15 is 0 Å². The van der Waals surface area contributed by atoms with Crippen LogP contribution < -0.4 is 5.32 Å². The summed E-state index contributed by atoms with van der Waals surface area (Å²) in [6.07, 6.45) is 4.73. The van der Waals surface area contributed by atoms with Crippen LogP contribution in [0.1, 0.15) is 20.3 Å². The van der Waals surface area contributed by atoms with E-state index in [0.29, 0.717) is 11.5 Å². The second kappa shape index (κ2) is 6.58. The Labute approximate surface area is 74.1 Å². The summed E-state index contributed by atoms with van der Waals surface area (Å²) in [5.41, 5.74) is 0.700. The molecule has 0 fully saturated rings. The fourth-order valence-corrected chi connectivity index (χ4v) is 0.768. The summed E-state index contributed by atoms with van der Waals surface area (Å²) < 4.78 is 0. The number of nitrogens with one attached hydrogen (secondary N) is 2. The quantitative estimate of drug-likeness (QED) is 0.485. The van der Waals surface area contributed by atoms with Gasteiger partial charge >= 0.3 is 0 Å². The zero-order valence-electron chi connectivity index (χ0n) is 8.02. The van der Waals surface area contributed by atoms with E-state index < -0.39 is 0 Å². The molecule has 0 aromatic carbocycles. The van der Waals surface area contributed by atoms with Crippen molar-refractivity contribution >= 4 is 11.5 Å². The molecule has 0 radical (unpaired) electrons. The third kappa shape index (κ3) is 3.91. The van der Waals surface area contributed by atoms with Crippen molar-refractivity contribution in [1.82, 2.24) is 5.32 Å². The van der Waals surface area contributed by atoms with Gasteiger partial charge in [0.1, 0.15) is 5.84 Å². The number of aliphatic imine (C=N–C) groups is 1. The van der Waals surface area contributed by atoms with E-state index in [2.05, 4.69) is 17.2 Å². The van der Waals surface area contributed by atoms with E-state index in [4.69, 9.17) is 5.41 Å². The minimum Gasteiger partial charge on any atom is -0.369 e. The van der Waals surface area contributed by atoms with Crippen molar-refractivity contribution in [3.8, 4) is 0 Å². The number of nitrogens with zero attached hydrogens (tertiary/aromatic N) is 1. The van der Waals surface area contributed by atoms with Crippen molar-refractivity contribution in [1.29, 1.82) is 5.41 Å². The predicted molar refractivity (Wildman–Crippen MR) is 54.2 cm³/mol. The lowest BCUT2D eigenvalue weighted by atomic mass is 10.3. The average Bonchev–Trinajstić information content (AvgIpc) is 2.10. The van der Waals surface area contributed by atoms with Crippen LogP contribution in [0, 0.1) is 5.41 Å². The van der Waals surface area contributed by atoms with Crippen molar-refractivity contribution in [2.45, 2.75) is 20.3 Å². The van der Waals surface area contributed by atoms with Gasteiger partial charge in [-0.25, -0.2) is 0 Å². The lowest BCUT2D eigenvalue weighted by molar-refractivity contribution is 0.841. The highest BCUT2D eigenvalue weighted by Gasteiger charge is 1.99. The molecule has 12 heavy (non-hydrogen) atoms. The van der Waals surface area contributed by atoms with Gasteiger partial charge in [0.15, 0.2) is 0 Å². The fraction of sp³-hybridized carbons (Fsp3) is 0.556. The second-order valence-corrected chi connectivity index (χ2v) is 2.41. The fourth-order valence-electron chi connectivity index (χ4n) is 0.768. The average molecular weight is 167 g/mol. The van der Waals surface area contributed by atoms with Crippen molar-refractivity contribution in [2.75, 3.05) is 13.6 Å². The number of rotatable bonds is 4. The highest BCUT2D eigenvalue weighted by molar-refractivity contribution is 6.44. The molecule has 0 spiro atoms. The first-order valence-corrected chi connectivity index (χ1v) is 4.18. The summed E-state index contributed by atoms with van der Waals surface area (Å²) in [4.78, 5) is 3.97. The second-order valence-electron chi connectivity index (χ2n) is 2.41. The van der Waals surface area contributed by atoms with E-state index in [1.807, 2.05) is 19.1 Å². The third-order valence-corrected chi connectivity index (χ3v) is 1.37. The van der Waals surface area contributed by atoms with Crippen LogP contribution in [0.15, 0.2) is 17.1 Å². The van der Waals surface area contributed by atoms with E-state index in [1.165, 1.54) is 0 Å². The molecule has 0 bridgehead atoms. The molecule has 0 aliphatic heterocycles. The normalized spacial score (nSPS) is 12.1. The first-order valence-electron chi connectivity index (χ1n) is 4.18. The number of hydrogen-bond donors (Lipinski definition) is 2. The lowest BCUT2D eigenvalue weighted by Crippen LogP contribution is -2.29. The summed E-state index contributed by atoms with van der Waals surface area (Å²) in [5.74, 6) is 0.400. The monoisotopic (exact) mass is 167 g/mol. The highest BCUT2D eigenvalue weighted by atomic mass is 15.0. The van der Waals surface area contributed by atoms with Crippen molar-refractivity contribution < 1.29 is 0 Å². The van der Waals surface area contributed by atoms with Crippen molar-refractivity contribution in [3.05, 3.63) is 12.2 Å². The third-order valence-electron chi connectivity index (χ3n) is 1.37. The maximum Gasteiger partial charge on any atom is 0.143 e. The van der Waals surface area contributed by atoms with Crippen LogP contribution in [-0.2, 0) is 0 Å². The summed E-state index contributed by atoms with van der Waals surface area (Å²) in [6.45, 7) is 4.81. The smallest absolute Gasteiger partial charge is 0.143 e. The van der Waals surface area contributed by atoms with Crippen LogP contribution >= 0.6 is 0 Å². The Morgan fingerprint density at radius 2 is 2.25 bits per heavy atom. The van der Waals surface area contributed by atoms with E-state index in [9.17, 15) is 0 Å². The maximum absolute atomic E-state index is 7.56. The van der Waals surface area contributed by atoms with Gasteiger partial charge in [0.25, 0.3) is 0 Å². The van der Waals surface area contributed by atoms with Crippen LogP contribution in [0.5, 0.6) is 0 Å². The summed E-state index contributed by atoms with van der Waals surface area (Å²) >= 11 is 0. The minimum absolute atomic E-state index is 0.400. The number of amidine groups is 1. The lowest BCUT2D eigenvalue weighted by Gasteiger charge is -2.05. The molecular formula is C9H17N3. The van der Waals surface area contributed by atoms with Crippen LogP contribution in [0.25, 0.3) is 0 Å². The highest BCUT2D eigenvalue weighted by Crippen LogP contribution is 1.83. The molecule has 0 unspecified atom stereocenters. The van der Waals surface area contributed by atoms with E-state index in [1.54, 1.807) is 7.05 Å². The molecule has 0 rings (SSSR count). The van der Waals surface area contributed by atoms with Gasteiger partial charge in [0.2, 0.25) is 0 Å². The van der Waals surface area contributed by atoms with Gasteiger partial charge in [-0.15, -0.1) is 0 Å². The first-order chi connectivity index (χ1) is 5.76. The van der Waals surface area contributed by atoms with Crippen molar-refractivity contribution in [2.24, 2.45) is 4.99 Å². The van der Waals surface area contributed by atoms with Gasteiger partial charge in [0.05, 0.1) is 5.71 Å². The van der Waals surface area contributed by atoms with Gasteiger partial charge in [-0.2, -0.15) is 0 Å². The molecule has 0 aliphatic carbocycles. The summed E-state index contributed by atoms with van der Waals surface area (Å²) in [6, 6.07) is 0. The molecule has 0 aromatic heterocycles. The number of allylic oxidation sites excluding steroid dienone is 1. The molecule has 68 valence electrons. The Morgan fingerprint density at radius 3 is 2.67 bits per heavy atom. The molecule has 3 heteroatoms. The minimum atomic E-state index is 0.400. The Bertz CT molecular complexity index is 192. The van der Waals surface area contributed by atoms with Gasteiger partial charge in [-0.3, -0.25) is 10.4 Å². The molecule has 2 N–H and O–H groups in total. The van der Waals surface area contributed by atoms with Crippen LogP contribution in [-0.4, -0.2) is 25.1 Å². The molecule has 0 aromatic rings. The van der Waals surface area contributed by atoms with Gasteiger partial charge in [-0.05, 0) is 19.4 Å². The zero-order valence-corrected chi connectivity index (χ0v) is 8.02. The molecule has 0 saturated heterocycles. The first kappa shape index (κ1) is 10.9. The Morgan fingerprint density at radius 1 is 1.58 bits per heavy atom. The maximum atomic E-state index is 7.56. The Kier molecular flexibility index (Phi) is 5.97. The van der Waals surface area contributed by atoms with Gasteiger partial charge in [-0.1, -0.05) is 13.0 Å². The Balaban J connectivity index is 4.05. The molecule has 0 amide bonds. The van der Waals surface area contributed by atoms with Crippen LogP contribution in [0.4, 0.5) is 0 Å². The SMILES string of the molecule is C/C=C\C(=N/C)C(=N)NCCC. The molecular weight excluding hydrogens is 150 g/mol. The van der Waals surface area contributed by atoms with Gasteiger partial charge in [0, 0.05) is 13.6 Å². The van der Waals surface area contributed by atoms with Crippen LogP contribution in [0.2, 0.25) is 0 Å². The summed E-state index contributed by atoms with van der Waals surface area (Å²) in [5, 5.41) is 10.5. The van der Waals surface area contributed by atoms with E-state index in [-0.39, 0.29) is 0 Å².